The molecule has 0 saturated carbocycles. The number of pyridine rings is 1. The van der Waals surface area contributed by atoms with Crippen LogP contribution >= 0.6 is 24.0 Å². The second kappa shape index (κ2) is 11.5. The Morgan fingerprint density at radius 1 is 1.10 bits per heavy atom. The topological polar surface area (TPSA) is 55.8 Å². The minimum Gasteiger partial charge on any atom is -0.371 e. The zero-order chi connectivity index (χ0) is 20.8. The van der Waals surface area contributed by atoms with Gasteiger partial charge in [-0.25, -0.2) is 9.37 Å². The number of hydrogen-bond acceptors (Lipinski definition) is 4. The van der Waals surface area contributed by atoms with Crippen LogP contribution in [0.1, 0.15) is 19.8 Å². The van der Waals surface area contributed by atoms with Gasteiger partial charge in [0.15, 0.2) is 17.6 Å². The SMILES string of the molecule is CCNC(=NCC1CCN(c2ccccc2)C1)NC1CCN(c2ncccc2F)C1.I. The van der Waals surface area contributed by atoms with Crippen molar-refractivity contribution in [2.24, 2.45) is 10.9 Å². The molecule has 0 radical (unpaired) electrons. The smallest absolute Gasteiger partial charge is 0.191 e. The van der Waals surface area contributed by atoms with Crippen molar-refractivity contribution in [3.63, 3.8) is 0 Å². The first-order valence-corrected chi connectivity index (χ1v) is 10.9. The van der Waals surface area contributed by atoms with Crippen LogP contribution in [0, 0.1) is 11.7 Å². The largest absolute Gasteiger partial charge is 0.371 e. The Morgan fingerprint density at radius 2 is 1.90 bits per heavy atom. The Morgan fingerprint density at radius 3 is 2.68 bits per heavy atom. The van der Waals surface area contributed by atoms with Crippen LogP contribution in [-0.2, 0) is 0 Å². The van der Waals surface area contributed by atoms with Crippen molar-refractivity contribution in [2.45, 2.75) is 25.8 Å². The molecule has 168 valence electrons. The summed E-state index contributed by atoms with van der Waals surface area (Å²) in [4.78, 5) is 13.5. The van der Waals surface area contributed by atoms with E-state index in [0.717, 1.165) is 58.1 Å². The fourth-order valence-corrected chi connectivity index (χ4v) is 4.27. The van der Waals surface area contributed by atoms with Crippen LogP contribution in [0.25, 0.3) is 0 Å². The molecule has 0 aliphatic carbocycles. The highest BCUT2D eigenvalue weighted by Gasteiger charge is 2.26. The van der Waals surface area contributed by atoms with Gasteiger partial charge in [-0.1, -0.05) is 18.2 Å². The predicted octanol–water partition coefficient (Wildman–Crippen LogP) is 3.50. The maximum atomic E-state index is 14.0. The minimum atomic E-state index is -0.261. The van der Waals surface area contributed by atoms with Gasteiger partial charge in [-0.05, 0) is 49.9 Å². The molecule has 2 saturated heterocycles. The minimum absolute atomic E-state index is 0. The van der Waals surface area contributed by atoms with Gasteiger partial charge in [0.1, 0.15) is 0 Å². The molecule has 3 heterocycles. The Balaban J connectivity index is 0.00000272. The summed E-state index contributed by atoms with van der Waals surface area (Å²) in [7, 11) is 0. The first-order chi connectivity index (χ1) is 14.7. The van der Waals surface area contributed by atoms with Crippen LogP contribution in [0.2, 0.25) is 0 Å². The summed E-state index contributed by atoms with van der Waals surface area (Å²) < 4.78 is 14.0. The maximum Gasteiger partial charge on any atom is 0.191 e. The number of aliphatic imine (C=N–C) groups is 1. The van der Waals surface area contributed by atoms with Gasteiger partial charge >= 0.3 is 0 Å². The third-order valence-electron chi connectivity index (χ3n) is 5.83. The quantitative estimate of drug-likeness (QED) is 0.335. The molecule has 8 heteroatoms. The average Bonchev–Trinajstić information content (AvgIpc) is 3.43. The van der Waals surface area contributed by atoms with Crippen molar-refractivity contribution in [3.05, 3.63) is 54.5 Å². The number of para-hydroxylation sites is 1. The number of benzene rings is 1. The molecule has 2 fully saturated rings. The normalized spacial score (nSPS) is 21.2. The molecule has 2 aliphatic rings. The van der Waals surface area contributed by atoms with Crippen molar-refractivity contribution in [1.82, 2.24) is 15.6 Å². The van der Waals surface area contributed by atoms with Crippen LogP contribution in [0.5, 0.6) is 0 Å². The van der Waals surface area contributed by atoms with E-state index in [1.807, 2.05) is 4.90 Å². The Hall–Kier alpha value is -2.10. The molecule has 2 atom stereocenters. The average molecular weight is 538 g/mol. The Labute approximate surface area is 201 Å². The molecule has 4 rings (SSSR count). The van der Waals surface area contributed by atoms with E-state index in [9.17, 15) is 4.39 Å². The first-order valence-electron chi connectivity index (χ1n) is 10.9. The molecule has 1 aromatic heterocycles. The number of anilines is 2. The van der Waals surface area contributed by atoms with Crippen LogP contribution in [-0.4, -0.2) is 56.3 Å². The maximum absolute atomic E-state index is 14.0. The Kier molecular flexibility index (Phi) is 8.74. The molecule has 2 aromatic rings. The summed E-state index contributed by atoms with van der Waals surface area (Å²) in [5.74, 6) is 1.59. The lowest BCUT2D eigenvalue weighted by Crippen LogP contribution is -2.45. The second-order valence-corrected chi connectivity index (χ2v) is 8.04. The van der Waals surface area contributed by atoms with Crippen molar-refractivity contribution in [1.29, 1.82) is 0 Å². The lowest BCUT2D eigenvalue weighted by atomic mass is 10.1. The van der Waals surface area contributed by atoms with E-state index in [0.29, 0.717) is 11.7 Å². The highest BCUT2D eigenvalue weighted by atomic mass is 127. The van der Waals surface area contributed by atoms with Crippen molar-refractivity contribution < 1.29 is 4.39 Å². The van der Waals surface area contributed by atoms with Gasteiger partial charge in [0.25, 0.3) is 0 Å². The molecule has 1 aromatic carbocycles. The fourth-order valence-electron chi connectivity index (χ4n) is 4.27. The van der Waals surface area contributed by atoms with E-state index in [4.69, 9.17) is 4.99 Å². The second-order valence-electron chi connectivity index (χ2n) is 8.04. The zero-order valence-electron chi connectivity index (χ0n) is 18.0. The number of nitrogens with one attached hydrogen (secondary N) is 2. The monoisotopic (exact) mass is 538 g/mol. The lowest BCUT2D eigenvalue weighted by molar-refractivity contribution is 0.591. The molecule has 2 aliphatic heterocycles. The summed E-state index contributed by atoms with van der Waals surface area (Å²) in [5, 5.41) is 6.90. The highest BCUT2D eigenvalue weighted by molar-refractivity contribution is 14.0. The third kappa shape index (κ3) is 6.21. The number of nitrogens with zero attached hydrogens (tertiary/aromatic N) is 4. The van der Waals surface area contributed by atoms with Crippen molar-refractivity contribution >= 4 is 41.4 Å². The number of rotatable bonds is 6. The number of aromatic nitrogens is 1. The summed E-state index contributed by atoms with van der Waals surface area (Å²) in [6, 6.07) is 13.9. The molecule has 31 heavy (non-hydrogen) atoms. The van der Waals surface area contributed by atoms with Crippen LogP contribution < -0.4 is 20.4 Å². The summed E-state index contributed by atoms with van der Waals surface area (Å²) in [6.45, 7) is 7.35. The van der Waals surface area contributed by atoms with Crippen LogP contribution in [0.3, 0.4) is 0 Å². The molecular formula is C23H32FIN6. The number of halogens is 2. The third-order valence-corrected chi connectivity index (χ3v) is 5.83. The molecule has 2 unspecified atom stereocenters. The van der Waals surface area contributed by atoms with E-state index in [1.165, 1.54) is 11.8 Å². The van der Waals surface area contributed by atoms with Gasteiger partial charge < -0.3 is 20.4 Å². The molecule has 0 bridgehead atoms. The molecule has 0 amide bonds. The van der Waals surface area contributed by atoms with Gasteiger partial charge in [-0.15, -0.1) is 24.0 Å². The lowest BCUT2D eigenvalue weighted by Gasteiger charge is -2.20. The van der Waals surface area contributed by atoms with E-state index in [2.05, 4.69) is 57.8 Å². The zero-order valence-corrected chi connectivity index (χ0v) is 20.3. The van der Waals surface area contributed by atoms with Gasteiger partial charge in [-0.2, -0.15) is 0 Å². The summed E-state index contributed by atoms with van der Waals surface area (Å²) >= 11 is 0. The van der Waals surface area contributed by atoms with E-state index >= 15 is 0 Å². The standard InChI is InChI=1S/C23H31FN6.HI/c1-2-25-23(27-15-18-10-13-29(16-18)20-7-4-3-5-8-20)28-19-11-14-30(17-19)22-21(24)9-6-12-26-22;/h3-9,12,18-19H,2,10-11,13-17H2,1H3,(H2,25,27,28);1H. The summed E-state index contributed by atoms with van der Waals surface area (Å²) in [5.41, 5.74) is 1.29. The van der Waals surface area contributed by atoms with Crippen molar-refractivity contribution in [2.75, 3.05) is 49.1 Å². The number of hydrogen-bond donors (Lipinski definition) is 2. The van der Waals surface area contributed by atoms with Crippen LogP contribution in [0.15, 0.2) is 53.7 Å². The fraction of sp³-hybridized carbons (Fsp3) is 0.478. The van der Waals surface area contributed by atoms with E-state index in [-0.39, 0.29) is 35.8 Å². The molecule has 0 spiro atoms. The molecule has 6 nitrogen and oxygen atoms in total. The highest BCUT2D eigenvalue weighted by Crippen LogP contribution is 2.24. The van der Waals surface area contributed by atoms with Crippen molar-refractivity contribution in [3.8, 4) is 0 Å². The first kappa shape index (κ1) is 23.6. The predicted molar refractivity (Wildman–Crippen MR) is 136 cm³/mol. The molecule has 2 N–H and O–H groups in total. The van der Waals surface area contributed by atoms with Gasteiger partial charge in [0, 0.05) is 57.2 Å². The van der Waals surface area contributed by atoms with Gasteiger partial charge in [-0.3, -0.25) is 4.99 Å². The number of guanidine groups is 1. The van der Waals surface area contributed by atoms with E-state index < -0.39 is 0 Å². The van der Waals surface area contributed by atoms with Gasteiger partial charge in [0.2, 0.25) is 0 Å². The van der Waals surface area contributed by atoms with Crippen LogP contribution in [0.4, 0.5) is 15.9 Å². The Bertz CT molecular complexity index is 849. The van der Waals surface area contributed by atoms with E-state index in [1.54, 1.807) is 12.3 Å². The van der Waals surface area contributed by atoms with Gasteiger partial charge in [0.05, 0.1) is 0 Å². The summed E-state index contributed by atoms with van der Waals surface area (Å²) in [6.07, 6.45) is 3.74. The molecular weight excluding hydrogens is 506 g/mol.